The van der Waals surface area contributed by atoms with Crippen LogP contribution in [0.15, 0.2) is 72.9 Å². The van der Waals surface area contributed by atoms with Gasteiger partial charge >= 0.3 is 6.09 Å². The molecule has 1 aromatic heterocycles. The number of hydrogen-bond acceptors (Lipinski definition) is 4. The van der Waals surface area contributed by atoms with Crippen LogP contribution in [0.2, 0.25) is 0 Å². The summed E-state index contributed by atoms with van der Waals surface area (Å²) in [6.45, 7) is 0.672. The number of hydrogen-bond donors (Lipinski definition) is 2. The SMILES string of the molecule is Nc1ccc(C=CCNC(=O)OCC2c3ccccc3-c3ccccc32)nc1. The van der Waals surface area contributed by atoms with Crippen LogP contribution in [0.5, 0.6) is 0 Å². The molecule has 0 saturated heterocycles. The van der Waals surface area contributed by atoms with E-state index in [9.17, 15) is 4.79 Å². The van der Waals surface area contributed by atoms with Gasteiger partial charge < -0.3 is 15.8 Å². The van der Waals surface area contributed by atoms with Crippen LogP contribution < -0.4 is 11.1 Å². The lowest BCUT2D eigenvalue weighted by Gasteiger charge is -2.14. The number of nitrogens with one attached hydrogen (secondary N) is 1. The monoisotopic (exact) mass is 371 g/mol. The van der Waals surface area contributed by atoms with Crippen LogP contribution in [0.25, 0.3) is 17.2 Å². The average Bonchev–Trinajstić information content (AvgIpc) is 3.05. The number of benzene rings is 2. The van der Waals surface area contributed by atoms with E-state index >= 15 is 0 Å². The van der Waals surface area contributed by atoms with Crippen LogP contribution in [0.1, 0.15) is 22.7 Å². The number of rotatable bonds is 5. The fourth-order valence-corrected chi connectivity index (χ4v) is 3.49. The summed E-state index contributed by atoms with van der Waals surface area (Å²) in [6.07, 6.45) is 4.80. The number of alkyl carbamates (subject to hydrolysis) is 1. The second-order valence-corrected chi connectivity index (χ2v) is 6.63. The molecule has 5 heteroatoms. The lowest BCUT2D eigenvalue weighted by molar-refractivity contribution is 0.144. The summed E-state index contributed by atoms with van der Waals surface area (Å²) >= 11 is 0. The Kier molecular flexibility index (Phi) is 5.06. The predicted molar refractivity (Wildman–Crippen MR) is 111 cm³/mol. The topological polar surface area (TPSA) is 77.2 Å². The summed E-state index contributed by atoms with van der Waals surface area (Å²) in [7, 11) is 0. The van der Waals surface area contributed by atoms with E-state index in [1.165, 1.54) is 22.3 Å². The number of pyridine rings is 1. The van der Waals surface area contributed by atoms with Crippen molar-refractivity contribution in [1.82, 2.24) is 10.3 Å². The highest BCUT2D eigenvalue weighted by Gasteiger charge is 2.28. The Balaban J connectivity index is 1.33. The minimum atomic E-state index is -0.434. The molecule has 1 aliphatic rings. The molecule has 0 aliphatic heterocycles. The molecular weight excluding hydrogens is 350 g/mol. The first-order valence-electron chi connectivity index (χ1n) is 9.19. The molecule has 0 unspecified atom stereocenters. The van der Waals surface area contributed by atoms with Gasteiger partial charge in [0.25, 0.3) is 0 Å². The molecule has 0 radical (unpaired) electrons. The van der Waals surface area contributed by atoms with E-state index in [0.29, 0.717) is 18.8 Å². The molecule has 3 N–H and O–H groups in total. The van der Waals surface area contributed by atoms with Gasteiger partial charge in [-0.15, -0.1) is 0 Å². The highest BCUT2D eigenvalue weighted by atomic mass is 16.5. The van der Waals surface area contributed by atoms with E-state index in [2.05, 4.69) is 34.6 Å². The maximum absolute atomic E-state index is 12.1. The maximum atomic E-state index is 12.1. The van der Waals surface area contributed by atoms with E-state index in [0.717, 1.165) is 5.69 Å². The van der Waals surface area contributed by atoms with Crippen molar-refractivity contribution in [3.63, 3.8) is 0 Å². The normalized spacial score (nSPS) is 12.6. The lowest BCUT2D eigenvalue weighted by atomic mass is 9.98. The zero-order chi connectivity index (χ0) is 19.3. The second kappa shape index (κ2) is 7.96. The van der Waals surface area contributed by atoms with E-state index in [4.69, 9.17) is 10.5 Å². The van der Waals surface area contributed by atoms with Gasteiger partial charge in [0.2, 0.25) is 0 Å². The van der Waals surface area contributed by atoms with Gasteiger partial charge in [0.1, 0.15) is 6.61 Å². The molecule has 0 atom stereocenters. The van der Waals surface area contributed by atoms with Crippen LogP contribution in [-0.4, -0.2) is 24.2 Å². The van der Waals surface area contributed by atoms with E-state index in [-0.39, 0.29) is 5.92 Å². The van der Waals surface area contributed by atoms with E-state index in [1.807, 2.05) is 42.5 Å². The molecule has 3 aromatic rings. The first kappa shape index (κ1) is 17.8. The number of nitrogens with two attached hydrogens (primary N) is 1. The predicted octanol–water partition coefficient (Wildman–Crippen LogP) is 4.22. The Bertz CT molecular complexity index is 967. The molecule has 0 spiro atoms. The minimum Gasteiger partial charge on any atom is -0.449 e. The molecule has 0 bridgehead atoms. The van der Waals surface area contributed by atoms with Crippen molar-refractivity contribution in [2.45, 2.75) is 5.92 Å². The van der Waals surface area contributed by atoms with Gasteiger partial charge in [0.05, 0.1) is 17.6 Å². The average molecular weight is 371 g/mol. The number of aromatic nitrogens is 1. The number of nitrogens with zero attached hydrogens (tertiary/aromatic N) is 1. The molecule has 1 amide bonds. The first-order chi connectivity index (χ1) is 13.7. The number of carbonyl (C=O) groups excluding carboxylic acids is 1. The van der Waals surface area contributed by atoms with Gasteiger partial charge in [-0.3, -0.25) is 4.98 Å². The number of anilines is 1. The summed E-state index contributed by atoms with van der Waals surface area (Å²) in [5.74, 6) is 0.0627. The van der Waals surface area contributed by atoms with E-state index < -0.39 is 6.09 Å². The van der Waals surface area contributed by atoms with Crippen molar-refractivity contribution in [2.75, 3.05) is 18.9 Å². The highest BCUT2D eigenvalue weighted by molar-refractivity contribution is 5.79. The zero-order valence-corrected chi connectivity index (χ0v) is 15.3. The van der Waals surface area contributed by atoms with Crippen molar-refractivity contribution < 1.29 is 9.53 Å². The van der Waals surface area contributed by atoms with Gasteiger partial charge in [0.15, 0.2) is 0 Å². The highest BCUT2D eigenvalue weighted by Crippen LogP contribution is 2.44. The molecule has 1 heterocycles. The van der Waals surface area contributed by atoms with Crippen molar-refractivity contribution in [2.24, 2.45) is 0 Å². The molecule has 5 nitrogen and oxygen atoms in total. The van der Waals surface area contributed by atoms with Gasteiger partial charge in [-0.05, 0) is 40.5 Å². The maximum Gasteiger partial charge on any atom is 0.407 e. The molecule has 4 rings (SSSR count). The Hall–Kier alpha value is -3.60. The third-order valence-corrected chi connectivity index (χ3v) is 4.81. The van der Waals surface area contributed by atoms with Crippen molar-refractivity contribution in [3.05, 3.63) is 89.8 Å². The molecular formula is C23H21N3O2. The van der Waals surface area contributed by atoms with Crippen LogP contribution in [0, 0.1) is 0 Å². The molecule has 0 saturated carbocycles. The largest absolute Gasteiger partial charge is 0.449 e. The van der Waals surface area contributed by atoms with Crippen LogP contribution in [0.3, 0.4) is 0 Å². The summed E-state index contributed by atoms with van der Waals surface area (Å²) in [5, 5.41) is 2.74. The van der Waals surface area contributed by atoms with Gasteiger partial charge in [-0.25, -0.2) is 4.79 Å². The fourth-order valence-electron chi connectivity index (χ4n) is 3.49. The van der Waals surface area contributed by atoms with Crippen molar-refractivity contribution in [1.29, 1.82) is 0 Å². The summed E-state index contributed by atoms with van der Waals surface area (Å²) in [6, 6.07) is 20.1. The smallest absolute Gasteiger partial charge is 0.407 e. The standard InChI is InChI=1S/C23H21N3O2/c24-16-11-12-17(26-14-16)6-5-13-25-23(27)28-15-22-20-9-3-1-7-18(20)19-8-2-4-10-21(19)22/h1-12,14,22H,13,15,24H2,(H,25,27). The van der Waals surface area contributed by atoms with Crippen molar-refractivity contribution in [3.8, 4) is 11.1 Å². The minimum absolute atomic E-state index is 0.0627. The van der Waals surface area contributed by atoms with Gasteiger partial charge in [-0.1, -0.05) is 54.6 Å². The second-order valence-electron chi connectivity index (χ2n) is 6.63. The van der Waals surface area contributed by atoms with E-state index in [1.54, 1.807) is 12.3 Å². The third-order valence-electron chi connectivity index (χ3n) is 4.81. The molecule has 140 valence electrons. The Morgan fingerprint density at radius 1 is 1.04 bits per heavy atom. The van der Waals surface area contributed by atoms with Gasteiger partial charge in [0, 0.05) is 12.5 Å². The van der Waals surface area contributed by atoms with Gasteiger partial charge in [-0.2, -0.15) is 0 Å². The molecule has 28 heavy (non-hydrogen) atoms. The zero-order valence-electron chi connectivity index (χ0n) is 15.3. The lowest BCUT2D eigenvalue weighted by Crippen LogP contribution is -2.26. The molecule has 0 fully saturated rings. The Morgan fingerprint density at radius 2 is 1.71 bits per heavy atom. The Labute approximate surface area is 163 Å². The number of ether oxygens (including phenoxy) is 1. The van der Waals surface area contributed by atoms with Crippen LogP contribution in [0.4, 0.5) is 10.5 Å². The third kappa shape index (κ3) is 3.74. The first-order valence-corrected chi connectivity index (χ1v) is 9.19. The summed E-state index contributed by atoms with van der Waals surface area (Å²) in [4.78, 5) is 16.3. The Morgan fingerprint density at radius 3 is 2.36 bits per heavy atom. The summed E-state index contributed by atoms with van der Waals surface area (Å²) < 4.78 is 5.49. The summed E-state index contributed by atoms with van der Waals surface area (Å²) in [5.41, 5.74) is 11.8. The van der Waals surface area contributed by atoms with Crippen LogP contribution in [-0.2, 0) is 4.74 Å². The van der Waals surface area contributed by atoms with Crippen LogP contribution >= 0.6 is 0 Å². The number of fused-ring (bicyclic) bond motifs is 3. The number of nitrogen functional groups attached to an aromatic ring is 1. The quantitative estimate of drug-likeness (QED) is 0.704. The molecule has 2 aromatic carbocycles. The molecule has 1 aliphatic carbocycles. The van der Waals surface area contributed by atoms with Crippen molar-refractivity contribution >= 4 is 17.9 Å². The fraction of sp³-hybridized carbons (Fsp3) is 0.130. The number of amides is 1. The number of carbonyl (C=O) groups is 1.